The molecule has 1 aromatic carbocycles. The van der Waals surface area contributed by atoms with E-state index in [9.17, 15) is 0 Å². The maximum atomic E-state index is 5.35. The summed E-state index contributed by atoms with van der Waals surface area (Å²) in [6.07, 6.45) is 1.51. The molecule has 0 saturated heterocycles. The molecule has 0 saturated carbocycles. The second kappa shape index (κ2) is 5.86. The van der Waals surface area contributed by atoms with Crippen LogP contribution in [0.15, 0.2) is 36.7 Å². The SMILES string of the molecule is CCNc1ncnc(Nc2ccccc2)c1OC. The smallest absolute Gasteiger partial charge is 0.204 e. The third-order valence-corrected chi connectivity index (χ3v) is 2.39. The van der Waals surface area contributed by atoms with E-state index in [1.807, 2.05) is 37.3 Å². The second-order valence-corrected chi connectivity index (χ2v) is 3.63. The van der Waals surface area contributed by atoms with Crippen LogP contribution in [0.2, 0.25) is 0 Å². The quantitative estimate of drug-likeness (QED) is 0.846. The number of para-hydroxylation sites is 1. The first-order chi connectivity index (χ1) is 8.85. The van der Waals surface area contributed by atoms with E-state index in [2.05, 4.69) is 20.6 Å². The molecule has 18 heavy (non-hydrogen) atoms. The standard InChI is InChI=1S/C13H16N4O/c1-3-14-12-11(18-2)13(16-9-15-12)17-10-7-5-4-6-8-10/h4-9H,3H2,1-2H3,(H2,14,15,16,17). The molecule has 2 N–H and O–H groups in total. The number of methoxy groups -OCH3 is 1. The van der Waals surface area contributed by atoms with Gasteiger partial charge in [0.05, 0.1) is 7.11 Å². The summed E-state index contributed by atoms with van der Waals surface area (Å²) in [7, 11) is 1.61. The van der Waals surface area contributed by atoms with Gasteiger partial charge in [-0.3, -0.25) is 0 Å². The monoisotopic (exact) mass is 244 g/mol. The van der Waals surface area contributed by atoms with Gasteiger partial charge in [-0.1, -0.05) is 18.2 Å². The Hall–Kier alpha value is -2.30. The molecule has 0 bridgehead atoms. The molecule has 2 rings (SSSR count). The van der Waals surface area contributed by atoms with Crippen LogP contribution in [-0.4, -0.2) is 23.6 Å². The fourth-order valence-electron chi connectivity index (χ4n) is 1.61. The van der Waals surface area contributed by atoms with Crippen molar-refractivity contribution in [1.29, 1.82) is 0 Å². The first-order valence-electron chi connectivity index (χ1n) is 5.80. The average molecular weight is 244 g/mol. The predicted octanol–water partition coefficient (Wildman–Crippen LogP) is 2.66. The average Bonchev–Trinajstić information content (AvgIpc) is 2.41. The van der Waals surface area contributed by atoms with Crippen LogP contribution in [-0.2, 0) is 0 Å². The molecular formula is C13H16N4O. The van der Waals surface area contributed by atoms with Gasteiger partial charge in [-0.05, 0) is 19.1 Å². The topological polar surface area (TPSA) is 59.1 Å². The van der Waals surface area contributed by atoms with Gasteiger partial charge in [0.25, 0.3) is 0 Å². The van der Waals surface area contributed by atoms with Crippen molar-refractivity contribution in [1.82, 2.24) is 9.97 Å². The van der Waals surface area contributed by atoms with Crippen LogP contribution in [0.5, 0.6) is 5.75 Å². The zero-order chi connectivity index (χ0) is 12.8. The lowest BCUT2D eigenvalue weighted by atomic mass is 10.3. The van der Waals surface area contributed by atoms with Crippen LogP contribution < -0.4 is 15.4 Å². The number of nitrogens with one attached hydrogen (secondary N) is 2. The second-order valence-electron chi connectivity index (χ2n) is 3.63. The van der Waals surface area contributed by atoms with Crippen molar-refractivity contribution in [3.05, 3.63) is 36.7 Å². The molecule has 0 fully saturated rings. The Labute approximate surface area is 106 Å². The fourth-order valence-corrected chi connectivity index (χ4v) is 1.61. The van der Waals surface area contributed by atoms with E-state index in [0.29, 0.717) is 17.4 Å². The molecule has 0 atom stereocenters. The van der Waals surface area contributed by atoms with Gasteiger partial charge < -0.3 is 15.4 Å². The highest BCUT2D eigenvalue weighted by molar-refractivity contribution is 5.69. The summed E-state index contributed by atoms with van der Waals surface area (Å²) >= 11 is 0. The van der Waals surface area contributed by atoms with Crippen molar-refractivity contribution < 1.29 is 4.74 Å². The number of ether oxygens (including phenoxy) is 1. The van der Waals surface area contributed by atoms with E-state index >= 15 is 0 Å². The summed E-state index contributed by atoms with van der Waals surface area (Å²) < 4.78 is 5.35. The summed E-state index contributed by atoms with van der Waals surface area (Å²) in [6, 6.07) is 9.82. The van der Waals surface area contributed by atoms with Crippen molar-refractivity contribution in [3.63, 3.8) is 0 Å². The largest absolute Gasteiger partial charge is 0.490 e. The molecule has 0 spiro atoms. The Morgan fingerprint density at radius 3 is 2.50 bits per heavy atom. The molecule has 2 aromatic rings. The Bertz CT molecular complexity index is 502. The summed E-state index contributed by atoms with van der Waals surface area (Å²) in [5, 5.41) is 6.34. The van der Waals surface area contributed by atoms with E-state index in [0.717, 1.165) is 12.2 Å². The normalized spacial score (nSPS) is 9.89. The predicted molar refractivity (Wildman–Crippen MR) is 72.5 cm³/mol. The summed E-state index contributed by atoms with van der Waals surface area (Å²) in [6.45, 7) is 2.78. The van der Waals surface area contributed by atoms with Crippen molar-refractivity contribution in [2.24, 2.45) is 0 Å². The van der Waals surface area contributed by atoms with Crippen LogP contribution in [0, 0.1) is 0 Å². The number of nitrogens with zero attached hydrogens (tertiary/aromatic N) is 2. The number of aromatic nitrogens is 2. The minimum absolute atomic E-state index is 0.614. The molecule has 1 heterocycles. The van der Waals surface area contributed by atoms with Crippen LogP contribution in [0.25, 0.3) is 0 Å². The maximum Gasteiger partial charge on any atom is 0.204 e. The van der Waals surface area contributed by atoms with Crippen LogP contribution >= 0.6 is 0 Å². The third-order valence-electron chi connectivity index (χ3n) is 2.39. The lowest BCUT2D eigenvalue weighted by molar-refractivity contribution is 0.415. The van der Waals surface area contributed by atoms with Gasteiger partial charge in [0.1, 0.15) is 6.33 Å². The minimum Gasteiger partial charge on any atom is -0.490 e. The van der Waals surface area contributed by atoms with E-state index in [1.54, 1.807) is 7.11 Å². The molecule has 0 unspecified atom stereocenters. The van der Waals surface area contributed by atoms with E-state index in [-0.39, 0.29) is 0 Å². The molecular weight excluding hydrogens is 228 g/mol. The highest BCUT2D eigenvalue weighted by Gasteiger charge is 2.11. The zero-order valence-corrected chi connectivity index (χ0v) is 10.5. The minimum atomic E-state index is 0.614. The Balaban J connectivity index is 2.30. The van der Waals surface area contributed by atoms with Crippen molar-refractivity contribution in [3.8, 4) is 5.75 Å². The molecule has 0 aliphatic heterocycles. The zero-order valence-electron chi connectivity index (χ0n) is 10.5. The van der Waals surface area contributed by atoms with E-state index in [1.165, 1.54) is 6.33 Å². The van der Waals surface area contributed by atoms with Crippen molar-refractivity contribution in [2.45, 2.75) is 6.92 Å². The first kappa shape index (κ1) is 12.2. The lowest BCUT2D eigenvalue weighted by Crippen LogP contribution is -2.05. The molecule has 1 aromatic heterocycles. The first-order valence-corrected chi connectivity index (χ1v) is 5.80. The molecule has 0 aliphatic carbocycles. The van der Waals surface area contributed by atoms with Gasteiger partial charge in [-0.2, -0.15) is 0 Å². The van der Waals surface area contributed by atoms with Crippen molar-refractivity contribution >= 4 is 17.3 Å². The highest BCUT2D eigenvalue weighted by Crippen LogP contribution is 2.30. The van der Waals surface area contributed by atoms with Gasteiger partial charge in [0.15, 0.2) is 11.6 Å². The number of rotatable bonds is 5. The van der Waals surface area contributed by atoms with Gasteiger partial charge >= 0.3 is 0 Å². The number of hydrogen-bond donors (Lipinski definition) is 2. The molecule has 94 valence electrons. The third kappa shape index (κ3) is 2.68. The summed E-state index contributed by atoms with van der Waals surface area (Å²) in [5.41, 5.74) is 0.956. The Morgan fingerprint density at radius 1 is 1.11 bits per heavy atom. The van der Waals surface area contributed by atoms with Crippen LogP contribution in [0.4, 0.5) is 17.3 Å². The highest BCUT2D eigenvalue weighted by atomic mass is 16.5. The van der Waals surface area contributed by atoms with Crippen LogP contribution in [0.3, 0.4) is 0 Å². The Morgan fingerprint density at radius 2 is 1.83 bits per heavy atom. The van der Waals surface area contributed by atoms with Crippen molar-refractivity contribution in [2.75, 3.05) is 24.3 Å². The number of hydrogen-bond acceptors (Lipinski definition) is 5. The van der Waals surface area contributed by atoms with Gasteiger partial charge in [0.2, 0.25) is 5.75 Å². The van der Waals surface area contributed by atoms with Gasteiger partial charge in [-0.15, -0.1) is 0 Å². The number of anilines is 3. The lowest BCUT2D eigenvalue weighted by Gasteiger charge is -2.13. The summed E-state index contributed by atoms with van der Waals surface area (Å²) in [5.74, 6) is 1.95. The molecule has 0 aliphatic rings. The van der Waals surface area contributed by atoms with E-state index in [4.69, 9.17) is 4.74 Å². The molecule has 0 amide bonds. The fraction of sp³-hybridized carbons (Fsp3) is 0.231. The molecule has 0 radical (unpaired) electrons. The maximum absolute atomic E-state index is 5.35. The van der Waals surface area contributed by atoms with E-state index < -0.39 is 0 Å². The number of benzene rings is 1. The van der Waals surface area contributed by atoms with Gasteiger partial charge in [0, 0.05) is 12.2 Å². The molecule has 5 nitrogen and oxygen atoms in total. The Kier molecular flexibility index (Phi) is 3.96. The van der Waals surface area contributed by atoms with Gasteiger partial charge in [-0.25, -0.2) is 9.97 Å². The summed E-state index contributed by atoms with van der Waals surface area (Å²) in [4.78, 5) is 8.35. The molecule has 5 heteroatoms. The van der Waals surface area contributed by atoms with Crippen LogP contribution in [0.1, 0.15) is 6.92 Å².